The van der Waals surface area contributed by atoms with Gasteiger partial charge >= 0.3 is 0 Å². The second kappa shape index (κ2) is 4.93. The van der Waals surface area contributed by atoms with Gasteiger partial charge in [-0.2, -0.15) is 0 Å². The lowest BCUT2D eigenvalue weighted by molar-refractivity contribution is 0.139. The quantitative estimate of drug-likeness (QED) is 0.834. The fraction of sp³-hybridized carbons (Fsp3) is 0.538. The molecule has 0 radical (unpaired) electrons. The normalized spacial score (nSPS) is 26.4. The van der Waals surface area contributed by atoms with Crippen molar-refractivity contribution in [3.8, 4) is 0 Å². The van der Waals surface area contributed by atoms with Gasteiger partial charge in [-0.3, -0.25) is 0 Å². The summed E-state index contributed by atoms with van der Waals surface area (Å²) in [5, 5.41) is 0. The monoisotopic (exact) mass is 223 g/mol. The van der Waals surface area contributed by atoms with Crippen molar-refractivity contribution < 1.29 is 9.13 Å². The molecular weight excluding hydrogens is 205 g/mol. The van der Waals surface area contributed by atoms with E-state index in [-0.39, 0.29) is 11.4 Å². The van der Waals surface area contributed by atoms with Crippen LogP contribution in [-0.4, -0.2) is 18.8 Å². The van der Waals surface area contributed by atoms with E-state index in [4.69, 9.17) is 10.5 Å². The molecule has 0 bridgehead atoms. The lowest BCUT2D eigenvalue weighted by atomic mass is 9.85. The van der Waals surface area contributed by atoms with Crippen LogP contribution in [0.25, 0.3) is 0 Å². The minimum Gasteiger partial charge on any atom is -0.381 e. The van der Waals surface area contributed by atoms with E-state index in [0.717, 1.165) is 37.9 Å². The van der Waals surface area contributed by atoms with Gasteiger partial charge in [0.15, 0.2) is 0 Å². The Hall–Kier alpha value is -0.930. The van der Waals surface area contributed by atoms with Gasteiger partial charge in [-0.25, -0.2) is 4.39 Å². The highest BCUT2D eigenvalue weighted by molar-refractivity contribution is 5.19. The number of ether oxygens (including phenoxy) is 1. The van der Waals surface area contributed by atoms with Crippen LogP contribution in [0.4, 0.5) is 4.39 Å². The first-order valence-electron chi connectivity index (χ1n) is 5.79. The summed E-state index contributed by atoms with van der Waals surface area (Å²) in [6, 6.07) is 6.70. The predicted molar refractivity (Wildman–Crippen MR) is 61.7 cm³/mol. The van der Waals surface area contributed by atoms with E-state index in [1.807, 2.05) is 6.07 Å². The van der Waals surface area contributed by atoms with E-state index in [0.29, 0.717) is 6.61 Å². The van der Waals surface area contributed by atoms with Gasteiger partial charge in [0.05, 0.1) is 0 Å². The van der Waals surface area contributed by atoms with Gasteiger partial charge in [0.2, 0.25) is 0 Å². The van der Waals surface area contributed by atoms with Crippen molar-refractivity contribution in [3.05, 3.63) is 35.6 Å². The zero-order valence-electron chi connectivity index (χ0n) is 9.42. The van der Waals surface area contributed by atoms with Crippen molar-refractivity contribution >= 4 is 0 Å². The van der Waals surface area contributed by atoms with Crippen LogP contribution in [0.2, 0.25) is 0 Å². The van der Waals surface area contributed by atoms with Gasteiger partial charge in [-0.1, -0.05) is 12.1 Å². The summed E-state index contributed by atoms with van der Waals surface area (Å²) in [4.78, 5) is 0. The summed E-state index contributed by atoms with van der Waals surface area (Å²) in [5.41, 5.74) is 7.08. The van der Waals surface area contributed by atoms with E-state index in [2.05, 4.69) is 0 Å². The lowest BCUT2D eigenvalue weighted by Crippen LogP contribution is -2.42. The van der Waals surface area contributed by atoms with Gasteiger partial charge in [0, 0.05) is 18.8 Å². The van der Waals surface area contributed by atoms with Crippen LogP contribution >= 0.6 is 0 Å². The van der Waals surface area contributed by atoms with Crippen LogP contribution in [0.5, 0.6) is 0 Å². The summed E-state index contributed by atoms with van der Waals surface area (Å²) in [5.74, 6) is -0.189. The van der Waals surface area contributed by atoms with E-state index in [1.165, 1.54) is 6.07 Å². The lowest BCUT2D eigenvalue weighted by Gasteiger charge is -2.27. The molecule has 0 amide bonds. The van der Waals surface area contributed by atoms with E-state index in [9.17, 15) is 4.39 Å². The molecule has 0 spiro atoms. The first-order valence-corrected chi connectivity index (χ1v) is 5.79. The topological polar surface area (TPSA) is 35.2 Å². The fourth-order valence-corrected chi connectivity index (χ4v) is 2.26. The molecule has 2 N–H and O–H groups in total. The maximum atomic E-state index is 13.1. The highest BCUT2D eigenvalue weighted by atomic mass is 19.1. The molecule has 1 heterocycles. The number of halogens is 1. The Morgan fingerprint density at radius 1 is 1.31 bits per heavy atom. The summed E-state index contributed by atoms with van der Waals surface area (Å²) < 4.78 is 18.5. The standard InChI is InChI=1S/C13H18FNO/c14-12-4-1-3-11(9-12)10-13(15)5-2-7-16-8-6-13/h1,3-4,9H,2,5-8,10,15H2. The molecule has 0 aromatic heterocycles. The van der Waals surface area contributed by atoms with E-state index in [1.54, 1.807) is 12.1 Å². The molecule has 0 aliphatic carbocycles. The van der Waals surface area contributed by atoms with Crippen LogP contribution < -0.4 is 5.73 Å². The van der Waals surface area contributed by atoms with Crippen molar-refractivity contribution in [2.24, 2.45) is 5.73 Å². The van der Waals surface area contributed by atoms with E-state index >= 15 is 0 Å². The second-order valence-corrected chi connectivity index (χ2v) is 4.63. The number of hydrogen-bond donors (Lipinski definition) is 1. The van der Waals surface area contributed by atoms with Crippen LogP contribution in [0.15, 0.2) is 24.3 Å². The van der Waals surface area contributed by atoms with Crippen LogP contribution in [0.1, 0.15) is 24.8 Å². The van der Waals surface area contributed by atoms with Crippen molar-refractivity contribution in [1.29, 1.82) is 0 Å². The molecule has 16 heavy (non-hydrogen) atoms. The summed E-state index contributed by atoms with van der Waals surface area (Å²) in [6.45, 7) is 1.51. The van der Waals surface area contributed by atoms with E-state index < -0.39 is 0 Å². The number of benzene rings is 1. The summed E-state index contributed by atoms with van der Waals surface area (Å²) >= 11 is 0. The van der Waals surface area contributed by atoms with Gasteiger partial charge in [0.25, 0.3) is 0 Å². The number of hydrogen-bond acceptors (Lipinski definition) is 2. The average molecular weight is 223 g/mol. The molecule has 1 atom stereocenters. The van der Waals surface area contributed by atoms with Crippen LogP contribution in [-0.2, 0) is 11.2 Å². The van der Waals surface area contributed by atoms with Crippen molar-refractivity contribution in [3.63, 3.8) is 0 Å². The maximum absolute atomic E-state index is 13.1. The SMILES string of the molecule is NC1(Cc2cccc(F)c2)CCCOCC1. The minimum absolute atomic E-state index is 0.189. The Balaban J connectivity index is 2.06. The van der Waals surface area contributed by atoms with Crippen LogP contribution in [0, 0.1) is 5.82 Å². The molecule has 2 rings (SSSR count). The summed E-state index contributed by atoms with van der Waals surface area (Å²) in [6.07, 6.45) is 3.52. The first-order chi connectivity index (χ1) is 7.68. The molecule has 3 heteroatoms. The average Bonchev–Trinajstić information content (AvgIpc) is 2.43. The van der Waals surface area contributed by atoms with Crippen molar-refractivity contribution in [2.75, 3.05) is 13.2 Å². The predicted octanol–water partition coefficient (Wildman–Crippen LogP) is 2.27. The molecule has 1 saturated heterocycles. The molecule has 1 aliphatic heterocycles. The Labute approximate surface area is 95.6 Å². The Morgan fingerprint density at radius 2 is 2.19 bits per heavy atom. The third-order valence-corrected chi connectivity index (χ3v) is 3.15. The van der Waals surface area contributed by atoms with Gasteiger partial charge in [0.1, 0.15) is 5.82 Å². The van der Waals surface area contributed by atoms with Gasteiger partial charge in [-0.05, 0) is 43.4 Å². The molecule has 1 aromatic carbocycles. The highest BCUT2D eigenvalue weighted by Gasteiger charge is 2.26. The second-order valence-electron chi connectivity index (χ2n) is 4.63. The largest absolute Gasteiger partial charge is 0.381 e. The Morgan fingerprint density at radius 3 is 3.00 bits per heavy atom. The molecular formula is C13H18FNO. The number of nitrogens with two attached hydrogens (primary N) is 1. The minimum atomic E-state index is -0.232. The third-order valence-electron chi connectivity index (χ3n) is 3.15. The molecule has 1 aromatic rings. The zero-order valence-corrected chi connectivity index (χ0v) is 9.42. The molecule has 0 saturated carbocycles. The van der Waals surface area contributed by atoms with Gasteiger partial charge in [-0.15, -0.1) is 0 Å². The molecule has 88 valence electrons. The highest BCUT2D eigenvalue weighted by Crippen LogP contribution is 2.23. The Bertz CT molecular complexity index is 346. The summed E-state index contributed by atoms with van der Waals surface area (Å²) in [7, 11) is 0. The third kappa shape index (κ3) is 3.03. The fourth-order valence-electron chi connectivity index (χ4n) is 2.26. The van der Waals surface area contributed by atoms with Crippen LogP contribution in [0.3, 0.4) is 0 Å². The molecule has 1 unspecified atom stereocenters. The van der Waals surface area contributed by atoms with Gasteiger partial charge < -0.3 is 10.5 Å². The zero-order chi connectivity index (χ0) is 11.4. The van der Waals surface area contributed by atoms with Crippen molar-refractivity contribution in [1.82, 2.24) is 0 Å². The maximum Gasteiger partial charge on any atom is 0.123 e. The Kier molecular flexibility index (Phi) is 3.56. The molecule has 2 nitrogen and oxygen atoms in total. The first kappa shape index (κ1) is 11.6. The molecule has 1 fully saturated rings. The molecule has 1 aliphatic rings. The smallest absolute Gasteiger partial charge is 0.123 e. The number of rotatable bonds is 2. The van der Waals surface area contributed by atoms with Crippen molar-refractivity contribution in [2.45, 2.75) is 31.2 Å².